The molecule has 2 heterocycles. The highest BCUT2D eigenvalue weighted by Gasteiger charge is 2.25. The Balaban J connectivity index is 1.45. The van der Waals surface area contributed by atoms with E-state index >= 15 is 0 Å². The number of anilines is 1. The molecule has 0 unspecified atom stereocenters. The summed E-state index contributed by atoms with van der Waals surface area (Å²) < 4.78 is 41.2. The van der Waals surface area contributed by atoms with E-state index in [1.165, 1.54) is 36.4 Å². The van der Waals surface area contributed by atoms with Gasteiger partial charge < -0.3 is 4.90 Å². The number of piperazine rings is 1. The average Bonchev–Trinajstić information content (AvgIpc) is 2.81. The molecule has 9 heteroatoms. The lowest BCUT2D eigenvalue weighted by Crippen LogP contribution is -2.48. The van der Waals surface area contributed by atoms with Crippen LogP contribution >= 0.6 is 0 Å². The van der Waals surface area contributed by atoms with E-state index in [1.807, 2.05) is 18.3 Å². The van der Waals surface area contributed by atoms with Gasteiger partial charge in [-0.2, -0.15) is 0 Å². The summed E-state index contributed by atoms with van der Waals surface area (Å²) in [4.78, 5) is 21.3. The summed E-state index contributed by atoms with van der Waals surface area (Å²) in [7, 11) is -3.93. The Hall–Kier alpha value is -3.30. The maximum absolute atomic E-state index is 13.2. The molecule has 2 aromatic carbocycles. The predicted octanol–water partition coefficient (Wildman–Crippen LogP) is 3.29. The van der Waals surface area contributed by atoms with Crippen molar-refractivity contribution in [1.82, 2.24) is 14.8 Å². The summed E-state index contributed by atoms with van der Waals surface area (Å²) in [6, 6.07) is 13.5. The van der Waals surface area contributed by atoms with Crippen molar-refractivity contribution in [3.05, 3.63) is 89.5 Å². The van der Waals surface area contributed by atoms with Crippen LogP contribution in [0, 0.1) is 12.7 Å². The molecule has 1 fully saturated rings. The molecule has 1 aromatic heterocycles. The molecule has 1 N–H and O–H groups in total. The van der Waals surface area contributed by atoms with Crippen molar-refractivity contribution in [2.45, 2.75) is 18.4 Å². The van der Waals surface area contributed by atoms with Crippen LogP contribution in [0.15, 0.2) is 71.9 Å². The number of aryl methyl sites for hydroxylation is 1. The lowest BCUT2D eigenvalue weighted by atomic mass is 10.1. The molecule has 7 nitrogen and oxygen atoms in total. The first-order valence-corrected chi connectivity index (χ1v) is 12.1. The molecule has 0 atom stereocenters. The third kappa shape index (κ3) is 5.55. The average molecular weight is 469 g/mol. The van der Waals surface area contributed by atoms with E-state index < -0.39 is 15.8 Å². The summed E-state index contributed by atoms with van der Waals surface area (Å²) in [5, 5.41) is 0. The normalized spacial score (nSPS) is 14.8. The number of rotatable bonds is 6. The van der Waals surface area contributed by atoms with E-state index in [-0.39, 0.29) is 16.5 Å². The smallest absolute Gasteiger partial charge is 0.261 e. The van der Waals surface area contributed by atoms with E-state index in [0.717, 1.165) is 25.2 Å². The SMILES string of the molecule is Cc1ccc(S(=O)(=O)Nc2ccc(F)cc2)cc1C(=O)N1CCN(Cc2cccnc2)CC1. The third-order valence-corrected chi connectivity index (χ3v) is 7.01. The van der Waals surface area contributed by atoms with Crippen LogP contribution in [0.5, 0.6) is 0 Å². The number of amides is 1. The second kappa shape index (κ2) is 9.68. The number of pyridine rings is 1. The molecule has 1 saturated heterocycles. The van der Waals surface area contributed by atoms with Gasteiger partial charge in [0.1, 0.15) is 5.82 Å². The first kappa shape index (κ1) is 22.9. The van der Waals surface area contributed by atoms with E-state index in [1.54, 1.807) is 24.1 Å². The summed E-state index contributed by atoms with van der Waals surface area (Å²) in [5.74, 6) is -0.644. The molecule has 1 aliphatic heterocycles. The Morgan fingerprint density at radius 1 is 1.06 bits per heavy atom. The highest BCUT2D eigenvalue weighted by Crippen LogP contribution is 2.21. The fraction of sp³-hybridized carbons (Fsp3) is 0.250. The number of benzene rings is 2. The van der Waals surface area contributed by atoms with Gasteiger partial charge in [0.2, 0.25) is 0 Å². The zero-order valence-corrected chi connectivity index (χ0v) is 19.1. The zero-order valence-electron chi connectivity index (χ0n) is 18.2. The van der Waals surface area contributed by atoms with Crippen molar-refractivity contribution in [2.24, 2.45) is 0 Å². The zero-order chi connectivity index (χ0) is 23.4. The molecular formula is C24H25FN4O3S. The Bertz CT molecular complexity index is 1230. The van der Waals surface area contributed by atoms with E-state index in [2.05, 4.69) is 14.6 Å². The highest BCUT2D eigenvalue weighted by molar-refractivity contribution is 7.92. The van der Waals surface area contributed by atoms with Gasteiger partial charge in [-0.1, -0.05) is 12.1 Å². The van der Waals surface area contributed by atoms with Crippen LogP contribution in [0.2, 0.25) is 0 Å². The van der Waals surface area contributed by atoms with Gasteiger partial charge in [0.05, 0.1) is 4.90 Å². The Labute approximate surface area is 192 Å². The van der Waals surface area contributed by atoms with Gasteiger partial charge in [0.15, 0.2) is 0 Å². The summed E-state index contributed by atoms with van der Waals surface area (Å²) >= 11 is 0. The number of halogens is 1. The molecule has 3 aromatic rings. The van der Waals surface area contributed by atoms with Crippen LogP contribution in [0.25, 0.3) is 0 Å². The van der Waals surface area contributed by atoms with E-state index in [9.17, 15) is 17.6 Å². The van der Waals surface area contributed by atoms with Gasteiger partial charge in [-0.05, 0) is 60.5 Å². The molecule has 1 amide bonds. The Morgan fingerprint density at radius 3 is 2.45 bits per heavy atom. The van der Waals surface area contributed by atoms with Gasteiger partial charge in [0, 0.05) is 56.4 Å². The number of carbonyl (C=O) groups is 1. The van der Waals surface area contributed by atoms with Crippen LogP contribution in [-0.2, 0) is 16.6 Å². The van der Waals surface area contributed by atoms with Crippen molar-refractivity contribution in [3.8, 4) is 0 Å². The molecule has 0 spiro atoms. The highest BCUT2D eigenvalue weighted by atomic mass is 32.2. The summed E-state index contributed by atoms with van der Waals surface area (Å²) in [6.07, 6.45) is 3.58. The second-order valence-electron chi connectivity index (χ2n) is 8.02. The topological polar surface area (TPSA) is 82.6 Å². The van der Waals surface area contributed by atoms with Crippen LogP contribution in [0.1, 0.15) is 21.5 Å². The number of aromatic nitrogens is 1. The number of nitrogens with one attached hydrogen (secondary N) is 1. The summed E-state index contributed by atoms with van der Waals surface area (Å²) in [5.41, 5.74) is 2.44. The van der Waals surface area contributed by atoms with Crippen molar-refractivity contribution >= 4 is 21.6 Å². The number of nitrogens with zero attached hydrogens (tertiary/aromatic N) is 3. The van der Waals surface area contributed by atoms with Gasteiger partial charge in [0.25, 0.3) is 15.9 Å². The van der Waals surface area contributed by atoms with Gasteiger partial charge in [-0.15, -0.1) is 0 Å². The van der Waals surface area contributed by atoms with Gasteiger partial charge in [-0.25, -0.2) is 12.8 Å². The van der Waals surface area contributed by atoms with Crippen LogP contribution < -0.4 is 4.72 Å². The molecule has 0 radical (unpaired) electrons. The van der Waals surface area contributed by atoms with Crippen LogP contribution in [-0.4, -0.2) is 55.3 Å². The number of carbonyl (C=O) groups excluding carboxylic acids is 1. The summed E-state index contributed by atoms with van der Waals surface area (Å²) in [6.45, 7) is 5.13. The molecule has 0 bridgehead atoms. The molecule has 1 aliphatic rings. The standard InChI is InChI=1S/C24H25FN4O3S/c1-18-4-9-22(33(31,32)27-21-7-5-20(25)6-8-21)15-23(18)24(30)29-13-11-28(12-14-29)17-19-3-2-10-26-16-19/h2-10,15-16,27H,11-14,17H2,1H3. The van der Waals surface area contributed by atoms with Crippen molar-refractivity contribution in [3.63, 3.8) is 0 Å². The maximum Gasteiger partial charge on any atom is 0.261 e. The lowest BCUT2D eigenvalue weighted by Gasteiger charge is -2.35. The Morgan fingerprint density at radius 2 is 1.79 bits per heavy atom. The quantitative estimate of drug-likeness (QED) is 0.600. The van der Waals surface area contributed by atoms with Crippen LogP contribution in [0.4, 0.5) is 10.1 Å². The Kier molecular flexibility index (Phi) is 6.71. The van der Waals surface area contributed by atoms with E-state index in [0.29, 0.717) is 24.2 Å². The maximum atomic E-state index is 13.2. The molecule has 0 saturated carbocycles. The minimum Gasteiger partial charge on any atom is -0.336 e. The number of sulfonamides is 1. The second-order valence-corrected chi connectivity index (χ2v) is 9.70. The van der Waals surface area contributed by atoms with E-state index in [4.69, 9.17) is 0 Å². The lowest BCUT2D eigenvalue weighted by molar-refractivity contribution is 0.0627. The fourth-order valence-corrected chi connectivity index (χ4v) is 4.84. The van der Waals surface area contributed by atoms with Gasteiger partial charge >= 0.3 is 0 Å². The van der Waals surface area contributed by atoms with Crippen molar-refractivity contribution in [1.29, 1.82) is 0 Å². The molecule has 0 aliphatic carbocycles. The number of hydrogen-bond donors (Lipinski definition) is 1. The third-order valence-electron chi connectivity index (χ3n) is 5.63. The first-order valence-electron chi connectivity index (χ1n) is 10.6. The molecule has 4 rings (SSSR count). The molecule has 172 valence electrons. The van der Waals surface area contributed by atoms with Crippen molar-refractivity contribution in [2.75, 3.05) is 30.9 Å². The largest absolute Gasteiger partial charge is 0.336 e. The monoisotopic (exact) mass is 468 g/mol. The minimum atomic E-state index is -3.93. The minimum absolute atomic E-state index is 0.0176. The fourth-order valence-electron chi connectivity index (χ4n) is 3.76. The predicted molar refractivity (Wildman–Crippen MR) is 124 cm³/mol. The van der Waals surface area contributed by atoms with Gasteiger partial charge in [-0.3, -0.25) is 19.4 Å². The molecule has 33 heavy (non-hydrogen) atoms. The molecular weight excluding hydrogens is 443 g/mol. The van der Waals surface area contributed by atoms with Crippen LogP contribution in [0.3, 0.4) is 0 Å². The van der Waals surface area contributed by atoms with Crippen molar-refractivity contribution < 1.29 is 17.6 Å². The number of hydrogen-bond acceptors (Lipinski definition) is 5. The first-order chi connectivity index (χ1) is 15.8.